The van der Waals surface area contributed by atoms with Gasteiger partial charge in [-0.15, -0.1) is 0 Å². The summed E-state index contributed by atoms with van der Waals surface area (Å²) in [6.45, 7) is 23.2. The van der Waals surface area contributed by atoms with E-state index in [2.05, 4.69) is 56.1 Å². The lowest BCUT2D eigenvalue weighted by atomic mass is 9.98. The topological polar surface area (TPSA) is 102 Å². The van der Waals surface area contributed by atoms with Crippen molar-refractivity contribution in [3.8, 4) is 5.88 Å². The molecule has 9 nitrogen and oxygen atoms in total. The first-order valence-corrected chi connectivity index (χ1v) is 18.3. The number of fused-ring (bicyclic) bond motifs is 1. The minimum Gasteiger partial charge on any atom is -0.478 e. The number of halogens is 1. The van der Waals surface area contributed by atoms with Crippen LogP contribution in [0.25, 0.3) is 11.0 Å². The molecule has 11 heteroatoms. The quantitative estimate of drug-likeness (QED) is 0.168. The molecule has 0 bridgehead atoms. The highest BCUT2D eigenvalue weighted by atomic mass is 28.3. The molecule has 250 valence electrons. The summed E-state index contributed by atoms with van der Waals surface area (Å²) in [5.74, 6) is -0.326. The SMILES string of the molecule is CCOc1ccc(N2C(F)=C(C(O)c3cn([Si](C(C)C)(C(C)C)C(C)C)c4ncc(C)cc34)C=CC2NC(=O)OC(C)(C)C)cn1. The molecule has 0 fully saturated rings. The highest BCUT2D eigenvalue weighted by molar-refractivity contribution is 6.82. The van der Waals surface area contributed by atoms with E-state index in [0.717, 1.165) is 16.6 Å². The summed E-state index contributed by atoms with van der Waals surface area (Å²) in [6, 6.07) is 5.32. The van der Waals surface area contributed by atoms with Gasteiger partial charge in [-0.25, -0.2) is 14.8 Å². The average Bonchev–Trinajstić information content (AvgIpc) is 3.31. The fourth-order valence-corrected chi connectivity index (χ4v) is 13.7. The molecule has 3 aromatic heterocycles. The summed E-state index contributed by atoms with van der Waals surface area (Å²) in [6.07, 6.45) is 5.54. The summed E-state index contributed by atoms with van der Waals surface area (Å²) in [4.78, 5) is 23.3. The van der Waals surface area contributed by atoms with Gasteiger partial charge >= 0.3 is 6.09 Å². The third-order valence-electron chi connectivity index (χ3n) is 8.73. The lowest BCUT2D eigenvalue weighted by Gasteiger charge is -2.44. The first kappa shape index (κ1) is 35.2. The number of pyridine rings is 2. The zero-order valence-electron chi connectivity index (χ0n) is 29.1. The van der Waals surface area contributed by atoms with E-state index in [1.165, 1.54) is 17.2 Å². The normalized spacial score (nSPS) is 16.6. The molecule has 46 heavy (non-hydrogen) atoms. The van der Waals surface area contributed by atoms with Crippen LogP contribution >= 0.6 is 0 Å². The summed E-state index contributed by atoms with van der Waals surface area (Å²) in [7, 11) is -2.28. The smallest absolute Gasteiger partial charge is 0.409 e. The van der Waals surface area contributed by atoms with Crippen molar-refractivity contribution in [1.82, 2.24) is 19.5 Å². The number of hydrogen-bond acceptors (Lipinski definition) is 7. The van der Waals surface area contributed by atoms with Crippen LogP contribution in [0.1, 0.15) is 86.5 Å². The maximum Gasteiger partial charge on any atom is 0.409 e. The summed E-state index contributed by atoms with van der Waals surface area (Å²) in [5.41, 5.74) is 3.15. The van der Waals surface area contributed by atoms with Crippen LogP contribution in [0.2, 0.25) is 16.6 Å². The first-order chi connectivity index (χ1) is 21.5. The second-order valence-electron chi connectivity index (χ2n) is 13.9. The monoisotopic (exact) mass is 651 g/mol. The Morgan fingerprint density at radius 3 is 2.28 bits per heavy atom. The number of alkyl carbamates (subject to hydrolysis) is 1. The molecule has 3 aromatic rings. The van der Waals surface area contributed by atoms with Gasteiger partial charge in [0.1, 0.15) is 23.5 Å². The summed E-state index contributed by atoms with van der Waals surface area (Å²) in [5, 5.41) is 15.6. The number of aromatic nitrogens is 3. The van der Waals surface area contributed by atoms with Gasteiger partial charge in [0.15, 0.2) is 8.24 Å². The second kappa shape index (κ2) is 13.6. The lowest BCUT2D eigenvalue weighted by Crippen LogP contribution is -2.51. The van der Waals surface area contributed by atoms with Crippen LogP contribution in [-0.2, 0) is 4.74 Å². The Kier molecular flexibility index (Phi) is 10.4. The Morgan fingerprint density at radius 1 is 1.09 bits per heavy atom. The maximum absolute atomic E-state index is 16.9. The first-order valence-electron chi connectivity index (χ1n) is 16.1. The predicted octanol–water partition coefficient (Wildman–Crippen LogP) is 8.30. The molecule has 0 spiro atoms. The standard InChI is InChI=1S/C35H50FN5O4Si/c1-12-44-30-16-13-25(19-37-30)41-29(39-34(43)45-35(9,10)11)15-14-26(32(41)36)31(42)28-20-40(33-27(28)17-24(8)18-38-33)46(21(2)3,22(4)5)23(6)7/h13-23,29,31,42H,12H2,1-11H3,(H,39,43). The molecular weight excluding hydrogens is 602 g/mol. The van der Waals surface area contributed by atoms with Crippen LogP contribution in [0.3, 0.4) is 0 Å². The number of hydrogen-bond donors (Lipinski definition) is 2. The van der Waals surface area contributed by atoms with Crippen molar-refractivity contribution in [2.75, 3.05) is 11.5 Å². The largest absolute Gasteiger partial charge is 0.478 e. The van der Waals surface area contributed by atoms with Crippen LogP contribution in [0.4, 0.5) is 14.9 Å². The Morgan fingerprint density at radius 2 is 1.74 bits per heavy atom. The van der Waals surface area contributed by atoms with Crippen LogP contribution in [-0.4, -0.2) is 52.0 Å². The third kappa shape index (κ3) is 6.71. The number of nitrogens with zero attached hydrogens (tertiary/aromatic N) is 4. The molecule has 2 atom stereocenters. The number of aliphatic hydroxyl groups is 1. The van der Waals surface area contributed by atoms with E-state index in [0.29, 0.717) is 40.4 Å². The van der Waals surface area contributed by atoms with Gasteiger partial charge in [-0.2, -0.15) is 4.39 Å². The van der Waals surface area contributed by atoms with Gasteiger partial charge < -0.3 is 18.8 Å². The molecule has 0 saturated heterocycles. The van der Waals surface area contributed by atoms with Crippen LogP contribution in [0.15, 0.2) is 60.5 Å². The lowest BCUT2D eigenvalue weighted by molar-refractivity contribution is 0.0513. The molecule has 0 radical (unpaired) electrons. The van der Waals surface area contributed by atoms with Crippen molar-refractivity contribution in [2.45, 2.75) is 111 Å². The van der Waals surface area contributed by atoms with Crippen molar-refractivity contribution in [1.29, 1.82) is 0 Å². The molecule has 0 aromatic carbocycles. The Labute approximate surface area is 273 Å². The Hall–Kier alpha value is -3.70. The minimum absolute atomic E-state index is 0.0580. The van der Waals surface area contributed by atoms with E-state index in [9.17, 15) is 9.90 Å². The number of aliphatic hydroxyl groups excluding tert-OH is 1. The fourth-order valence-electron chi connectivity index (χ4n) is 7.13. The highest BCUT2D eigenvalue weighted by Crippen LogP contribution is 2.46. The summed E-state index contributed by atoms with van der Waals surface area (Å²) < 4.78 is 30.1. The number of carbonyl (C=O) groups is 1. The fraction of sp³-hybridized carbons (Fsp3) is 0.514. The van der Waals surface area contributed by atoms with Crippen molar-refractivity contribution < 1.29 is 23.8 Å². The van der Waals surface area contributed by atoms with Gasteiger partial charge in [-0.1, -0.05) is 47.6 Å². The highest BCUT2D eigenvalue weighted by Gasteiger charge is 2.47. The molecular formula is C35H50FN5O4Si. The minimum atomic E-state index is -2.28. The number of ether oxygens (including phenoxy) is 2. The number of aryl methyl sites for hydroxylation is 1. The molecule has 1 amide bonds. The van der Waals surface area contributed by atoms with E-state index < -0.39 is 38.2 Å². The van der Waals surface area contributed by atoms with Gasteiger partial charge in [0.2, 0.25) is 11.8 Å². The van der Waals surface area contributed by atoms with Gasteiger partial charge in [-0.3, -0.25) is 10.2 Å². The van der Waals surface area contributed by atoms with E-state index in [4.69, 9.17) is 14.5 Å². The second-order valence-corrected chi connectivity index (χ2v) is 19.7. The number of anilines is 1. The van der Waals surface area contributed by atoms with Crippen LogP contribution in [0, 0.1) is 6.92 Å². The van der Waals surface area contributed by atoms with E-state index in [1.54, 1.807) is 39.0 Å². The van der Waals surface area contributed by atoms with E-state index >= 15 is 4.39 Å². The van der Waals surface area contributed by atoms with Gasteiger partial charge in [0.25, 0.3) is 0 Å². The van der Waals surface area contributed by atoms with Crippen molar-refractivity contribution in [3.05, 3.63) is 71.6 Å². The molecule has 0 aliphatic carbocycles. The average molecular weight is 652 g/mol. The Balaban J connectivity index is 1.87. The maximum atomic E-state index is 16.9. The van der Waals surface area contributed by atoms with E-state index in [-0.39, 0.29) is 5.57 Å². The predicted molar refractivity (Wildman–Crippen MR) is 184 cm³/mol. The molecule has 1 aliphatic heterocycles. The van der Waals surface area contributed by atoms with Crippen molar-refractivity contribution in [2.24, 2.45) is 0 Å². The van der Waals surface area contributed by atoms with Crippen molar-refractivity contribution >= 4 is 31.0 Å². The number of amides is 1. The molecule has 1 aliphatic rings. The molecule has 4 heterocycles. The van der Waals surface area contributed by atoms with Gasteiger partial charge in [0.05, 0.1) is 18.5 Å². The van der Waals surface area contributed by atoms with Crippen molar-refractivity contribution in [3.63, 3.8) is 0 Å². The zero-order chi connectivity index (χ0) is 34.1. The number of nitrogens with one attached hydrogen (secondary N) is 1. The molecule has 4 rings (SSSR count). The Bertz CT molecular complexity index is 1590. The van der Waals surface area contributed by atoms with Crippen LogP contribution in [0.5, 0.6) is 5.88 Å². The molecule has 0 saturated carbocycles. The van der Waals surface area contributed by atoms with Gasteiger partial charge in [-0.05, 0) is 75.0 Å². The molecule has 2 N–H and O–H groups in total. The van der Waals surface area contributed by atoms with Crippen LogP contribution < -0.4 is 15.0 Å². The number of carbonyl (C=O) groups excluding carboxylic acids is 1. The third-order valence-corrected chi connectivity index (χ3v) is 15.5. The zero-order valence-corrected chi connectivity index (χ0v) is 30.1. The van der Waals surface area contributed by atoms with E-state index in [1.807, 2.05) is 32.3 Å². The molecule has 2 unspecified atom stereocenters. The summed E-state index contributed by atoms with van der Waals surface area (Å²) >= 11 is 0. The number of rotatable bonds is 10. The van der Waals surface area contributed by atoms with Gasteiger partial charge in [0, 0.05) is 35.0 Å².